The second kappa shape index (κ2) is 5.21. The van der Waals surface area contributed by atoms with Crippen LogP contribution < -0.4 is 5.73 Å². The zero-order valence-electron chi connectivity index (χ0n) is 9.80. The molecule has 1 nitrogen and oxygen atoms in total. The van der Waals surface area contributed by atoms with Crippen molar-refractivity contribution in [3.8, 4) is 0 Å². The van der Waals surface area contributed by atoms with Crippen molar-refractivity contribution in [1.29, 1.82) is 0 Å². The molecule has 0 aliphatic heterocycles. The summed E-state index contributed by atoms with van der Waals surface area (Å²) in [5.41, 5.74) is 5.94. The van der Waals surface area contributed by atoms with Gasteiger partial charge in [0.05, 0.1) is 5.56 Å². The SMILES string of the molecule is NC(CC1CCC1)c1cc(C(F)(F)F)ccc1Br. The molecule has 1 aromatic carbocycles. The van der Waals surface area contributed by atoms with E-state index in [9.17, 15) is 13.2 Å². The van der Waals surface area contributed by atoms with Gasteiger partial charge in [-0.2, -0.15) is 13.2 Å². The summed E-state index contributed by atoms with van der Waals surface area (Å²) in [5, 5.41) is 0. The third kappa shape index (κ3) is 3.06. The highest BCUT2D eigenvalue weighted by atomic mass is 79.9. The Labute approximate surface area is 113 Å². The van der Waals surface area contributed by atoms with E-state index in [1.807, 2.05) is 0 Å². The van der Waals surface area contributed by atoms with Gasteiger partial charge in [0.15, 0.2) is 0 Å². The molecule has 0 spiro atoms. The number of hydrogen-bond acceptors (Lipinski definition) is 1. The van der Waals surface area contributed by atoms with Crippen molar-refractivity contribution in [1.82, 2.24) is 0 Å². The summed E-state index contributed by atoms with van der Waals surface area (Å²) in [6.45, 7) is 0. The Morgan fingerprint density at radius 2 is 2.00 bits per heavy atom. The van der Waals surface area contributed by atoms with Gasteiger partial charge in [0.25, 0.3) is 0 Å². The minimum atomic E-state index is -4.31. The standard InChI is InChI=1S/C13H15BrF3N/c14-11-5-4-9(13(15,16)17)7-10(11)12(18)6-8-2-1-3-8/h4-5,7-8,12H,1-3,6,18H2. The maximum Gasteiger partial charge on any atom is 0.416 e. The van der Waals surface area contributed by atoms with Gasteiger partial charge in [0.1, 0.15) is 0 Å². The predicted molar refractivity (Wildman–Crippen MR) is 68.0 cm³/mol. The number of hydrogen-bond donors (Lipinski definition) is 1. The average Bonchev–Trinajstić information content (AvgIpc) is 2.22. The highest BCUT2D eigenvalue weighted by molar-refractivity contribution is 9.10. The Bertz CT molecular complexity index is 427. The van der Waals surface area contributed by atoms with E-state index in [4.69, 9.17) is 5.73 Å². The molecule has 2 N–H and O–H groups in total. The molecule has 100 valence electrons. The number of nitrogens with two attached hydrogens (primary N) is 1. The summed E-state index contributed by atoms with van der Waals surface area (Å²) >= 11 is 3.28. The first-order valence-corrected chi connectivity index (χ1v) is 6.79. The molecule has 0 radical (unpaired) electrons. The van der Waals surface area contributed by atoms with Gasteiger partial charge in [-0.05, 0) is 36.1 Å². The van der Waals surface area contributed by atoms with E-state index < -0.39 is 11.7 Å². The lowest BCUT2D eigenvalue weighted by molar-refractivity contribution is -0.137. The van der Waals surface area contributed by atoms with Crippen molar-refractivity contribution in [3.63, 3.8) is 0 Å². The van der Waals surface area contributed by atoms with Gasteiger partial charge in [-0.15, -0.1) is 0 Å². The summed E-state index contributed by atoms with van der Waals surface area (Å²) in [6.07, 6.45) is -0.0543. The highest BCUT2D eigenvalue weighted by Gasteiger charge is 2.31. The topological polar surface area (TPSA) is 26.0 Å². The largest absolute Gasteiger partial charge is 0.416 e. The molecule has 2 rings (SSSR count). The molecular weight excluding hydrogens is 307 g/mol. The predicted octanol–water partition coefficient (Wildman–Crippen LogP) is 4.66. The van der Waals surface area contributed by atoms with Gasteiger partial charge in [-0.25, -0.2) is 0 Å². The minimum absolute atomic E-state index is 0.327. The summed E-state index contributed by atoms with van der Waals surface area (Å²) in [6, 6.07) is 3.34. The fourth-order valence-electron chi connectivity index (χ4n) is 2.22. The van der Waals surface area contributed by atoms with Crippen molar-refractivity contribution in [2.24, 2.45) is 11.7 Å². The fraction of sp³-hybridized carbons (Fsp3) is 0.538. The number of rotatable bonds is 3. The van der Waals surface area contributed by atoms with Gasteiger partial charge < -0.3 is 5.73 Å². The maximum absolute atomic E-state index is 12.6. The van der Waals surface area contributed by atoms with E-state index in [2.05, 4.69) is 15.9 Å². The Balaban J connectivity index is 2.19. The van der Waals surface area contributed by atoms with Gasteiger partial charge in [-0.3, -0.25) is 0 Å². The lowest BCUT2D eigenvalue weighted by Gasteiger charge is -2.28. The Morgan fingerprint density at radius 3 is 2.50 bits per heavy atom. The second-order valence-electron chi connectivity index (χ2n) is 4.87. The van der Waals surface area contributed by atoms with Crippen molar-refractivity contribution < 1.29 is 13.2 Å². The summed E-state index contributed by atoms with van der Waals surface area (Å²) in [7, 11) is 0. The van der Waals surface area contributed by atoms with Crippen molar-refractivity contribution in [3.05, 3.63) is 33.8 Å². The van der Waals surface area contributed by atoms with Gasteiger partial charge >= 0.3 is 6.18 Å². The average molecular weight is 322 g/mol. The van der Waals surface area contributed by atoms with E-state index in [0.717, 1.165) is 31.4 Å². The van der Waals surface area contributed by atoms with E-state index in [1.165, 1.54) is 12.5 Å². The lowest BCUT2D eigenvalue weighted by Crippen LogP contribution is -2.21. The zero-order chi connectivity index (χ0) is 13.3. The molecule has 1 atom stereocenters. The number of halogens is 4. The van der Waals surface area contributed by atoms with Crippen LogP contribution in [0.1, 0.15) is 42.9 Å². The van der Waals surface area contributed by atoms with E-state index in [-0.39, 0.29) is 6.04 Å². The second-order valence-corrected chi connectivity index (χ2v) is 5.73. The third-order valence-corrected chi connectivity index (χ3v) is 4.26. The smallest absolute Gasteiger partial charge is 0.324 e. The van der Waals surface area contributed by atoms with Crippen LogP contribution >= 0.6 is 15.9 Å². The molecule has 1 aromatic rings. The van der Waals surface area contributed by atoms with E-state index in [1.54, 1.807) is 0 Å². The third-order valence-electron chi connectivity index (χ3n) is 3.53. The Morgan fingerprint density at radius 1 is 1.33 bits per heavy atom. The Hall–Kier alpha value is -0.550. The molecule has 0 bridgehead atoms. The van der Waals surface area contributed by atoms with Crippen molar-refractivity contribution in [2.45, 2.75) is 37.9 Å². The van der Waals surface area contributed by atoms with Crippen molar-refractivity contribution >= 4 is 15.9 Å². The minimum Gasteiger partial charge on any atom is -0.324 e. The molecule has 18 heavy (non-hydrogen) atoms. The van der Waals surface area contributed by atoms with Crippen molar-refractivity contribution in [2.75, 3.05) is 0 Å². The number of alkyl halides is 3. The van der Waals surface area contributed by atoms with Crippen LogP contribution in [-0.4, -0.2) is 0 Å². The fourth-order valence-corrected chi connectivity index (χ4v) is 2.76. The molecule has 0 amide bonds. The first-order valence-electron chi connectivity index (χ1n) is 6.00. The molecule has 1 fully saturated rings. The normalized spacial score (nSPS) is 18.5. The molecular formula is C13H15BrF3N. The maximum atomic E-state index is 12.6. The number of benzene rings is 1. The summed E-state index contributed by atoms with van der Waals surface area (Å²) in [5.74, 6) is 0.571. The molecule has 5 heteroatoms. The molecule has 1 aliphatic carbocycles. The zero-order valence-corrected chi connectivity index (χ0v) is 11.4. The van der Waals surface area contributed by atoms with E-state index in [0.29, 0.717) is 16.0 Å². The quantitative estimate of drug-likeness (QED) is 0.861. The molecule has 0 aromatic heterocycles. The Kier molecular flexibility index (Phi) is 4.02. The van der Waals surface area contributed by atoms with E-state index >= 15 is 0 Å². The van der Waals surface area contributed by atoms with Crippen LogP contribution in [0.3, 0.4) is 0 Å². The van der Waals surface area contributed by atoms with Crippen LogP contribution in [0, 0.1) is 5.92 Å². The molecule has 1 aliphatic rings. The monoisotopic (exact) mass is 321 g/mol. The summed E-state index contributed by atoms with van der Waals surface area (Å²) < 4.78 is 38.6. The lowest BCUT2D eigenvalue weighted by atomic mass is 9.80. The van der Waals surface area contributed by atoms with Crippen LogP contribution in [0.2, 0.25) is 0 Å². The van der Waals surface area contributed by atoms with Crippen LogP contribution in [0.15, 0.2) is 22.7 Å². The van der Waals surface area contributed by atoms with Gasteiger partial charge in [0, 0.05) is 10.5 Å². The molecule has 1 saturated carbocycles. The van der Waals surface area contributed by atoms with Crippen LogP contribution in [0.5, 0.6) is 0 Å². The molecule has 0 heterocycles. The van der Waals surface area contributed by atoms with Crippen LogP contribution in [0.4, 0.5) is 13.2 Å². The van der Waals surface area contributed by atoms with Gasteiger partial charge in [-0.1, -0.05) is 35.2 Å². The van der Waals surface area contributed by atoms with Gasteiger partial charge in [0.2, 0.25) is 0 Å². The first kappa shape index (κ1) is 13.9. The first-order chi connectivity index (χ1) is 8.38. The molecule has 1 unspecified atom stereocenters. The van der Waals surface area contributed by atoms with Crippen LogP contribution in [-0.2, 0) is 6.18 Å². The highest BCUT2D eigenvalue weighted by Crippen LogP contribution is 2.38. The molecule has 0 saturated heterocycles. The summed E-state index contributed by atoms with van der Waals surface area (Å²) in [4.78, 5) is 0. The van der Waals surface area contributed by atoms with Crippen LogP contribution in [0.25, 0.3) is 0 Å².